The first-order valence-electron chi connectivity index (χ1n) is 7.61. The molecule has 5 nitrogen and oxygen atoms in total. The molecular formula is C16H23N3O2. The number of aryl methyl sites for hydroxylation is 1. The lowest BCUT2D eigenvalue weighted by Gasteiger charge is -2.25. The maximum Gasteiger partial charge on any atom is 0.224 e. The summed E-state index contributed by atoms with van der Waals surface area (Å²) in [5, 5.41) is 3.54. The van der Waals surface area contributed by atoms with Crippen molar-refractivity contribution < 1.29 is 9.53 Å². The summed E-state index contributed by atoms with van der Waals surface area (Å²) in [6.45, 7) is 5.36. The van der Waals surface area contributed by atoms with Crippen LogP contribution < -0.4 is 10.1 Å². The molecule has 2 unspecified atom stereocenters. The van der Waals surface area contributed by atoms with E-state index in [4.69, 9.17) is 4.74 Å². The molecule has 1 amide bonds. The number of ether oxygens (including phenoxy) is 1. The van der Waals surface area contributed by atoms with Crippen LogP contribution in [0.3, 0.4) is 0 Å². The summed E-state index contributed by atoms with van der Waals surface area (Å²) in [7, 11) is 1.68. The van der Waals surface area contributed by atoms with Gasteiger partial charge in [0.05, 0.1) is 19.3 Å². The molecule has 2 saturated heterocycles. The minimum Gasteiger partial charge on any atom is -0.496 e. The van der Waals surface area contributed by atoms with Crippen molar-refractivity contribution in [3.8, 4) is 5.75 Å². The predicted octanol–water partition coefficient (Wildman–Crippen LogP) is 1.56. The van der Waals surface area contributed by atoms with Crippen molar-refractivity contribution in [3.05, 3.63) is 23.0 Å². The van der Waals surface area contributed by atoms with E-state index in [2.05, 4.69) is 10.3 Å². The molecule has 1 aromatic heterocycles. The lowest BCUT2D eigenvalue weighted by molar-refractivity contribution is -0.132. The van der Waals surface area contributed by atoms with E-state index >= 15 is 0 Å². The lowest BCUT2D eigenvalue weighted by Crippen LogP contribution is -2.37. The molecule has 2 bridgehead atoms. The molecular weight excluding hydrogens is 266 g/mol. The smallest absolute Gasteiger partial charge is 0.224 e. The van der Waals surface area contributed by atoms with Crippen LogP contribution in [-0.2, 0) is 11.3 Å². The third-order valence-corrected chi connectivity index (χ3v) is 4.64. The number of likely N-dealkylation sites (tertiary alicyclic amines) is 1. The molecule has 2 fully saturated rings. The highest BCUT2D eigenvalue weighted by atomic mass is 16.5. The number of nitrogens with one attached hydrogen (secondary N) is 1. The number of fused-ring (bicyclic) bond motifs is 2. The zero-order valence-electron chi connectivity index (χ0n) is 13.0. The normalized spacial score (nSPS) is 25.1. The molecule has 21 heavy (non-hydrogen) atoms. The molecule has 2 atom stereocenters. The van der Waals surface area contributed by atoms with Crippen LogP contribution in [0.5, 0.6) is 5.75 Å². The molecule has 5 heteroatoms. The molecule has 1 aromatic rings. The Morgan fingerprint density at radius 2 is 2.14 bits per heavy atom. The largest absolute Gasteiger partial charge is 0.496 e. The fourth-order valence-electron chi connectivity index (χ4n) is 3.48. The molecule has 0 radical (unpaired) electrons. The predicted molar refractivity (Wildman–Crippen MR) is 80.2 cm³/mol. The number of carbonyl (C=O) groups excluding carboxylic acids is 1. The quantitative estimate of drug-likeness (QED) is 0.917. The van der Waals surface area contributed by atoms with Crippen LogP contribution in [0.15, 0.2) is 6.20 Å². The Morgan fingerprint density at radius 3 is 2.90 bits per heavy atom. The monoisotopic (exact) mass is 289 g/mol. The number of aromatic nitrogens is 1. The lowest BCUT2D eigenvalue weighted by atomic mass is 10.1. The molecule has 2 aliphatic rings. The number of hydrogen-bond acceptors (Lipinski definition) is 4. The zero-order valence-corrected chi connectivity index (χ0v) is 13.0. The third-order valence-electron chi connectivity index (χ3n) is 4.64. The summed E-state index contributed by atoms with van der Waals surface area (Å²) in [5.41, 5.74) is 3.00. The van der Waals surface area contributed by atoms with E-state index in [1.165, 1.54) is 0 Å². The van der Waals surface area contributed by atoms with Crippen molar-refractivity contribution in [2.45, 2.75) is 51.7 Å². The highest BCUT2D eigenvalue weighted by molar-refractivity contribution is 5.77. The Hall–Kier alpha value is -1.62. The molecule has 3 rings (SSSR count). The Balaban J connectivity index is 1.81. The van der Waals surface area contributed by atoms with Crippen LogP contribution >= 0.6 is 0 Å². The number of hydrogen-bond donors (Lipinski definition) is 1. The van der Waals surface area contributed by atoms with Crippen LogP contribution in [0.25, 0.3) is 0 Å². The van der Waals surface area contributed by atoms with Crippen molar-refractivity contribution in [1.82, 2.24) is 15.2 Å². The van der Waals surface area contributed by atoms with Gasteiger partial charge in [0.2, 0.25) is 5.91 Å². The second kappa shape index (κ2) is 5.64. The number of amides is 1. The number of methoxy groups -OCH3 is 1. The molecule has 114 valence electrons. The Bertz CT molecular complexity index is 559. The van der Waals surface area contributed by atoms with Gasteiger partial charge in [-0.05, 0) is 26.7 Å². The highest BCUT2D eigenvalue weighted by Crippen LogP contribution is 2.27. The summed E-state index contributed by atoms with van der Waals surface area (Å²) in [5.74, 6) is 1.11. The van der Waals surface area contributed by atoms with Gasteiger partial charge in [0, 0.05) is 42.4 Å². The van der Waals surface area contributed by atoms with Gasteiger partial charge in [0.25, 0.3) is 0 Å². The van der Waals surface area contributed by atoms with E-state index in [1.807, 2.05) is 24.9 Å². The van der Waals surface area contributed by atoms with Gasteiger partial charge >= 0.3 is 0 Å². The maximum absolute atomic E-state index is 12.4. The van der Waals surface area contributed by atoms with Gasteiger partial charge in [-0.2, -0.15) is 0 Å². The van der Waals surface area contributed by atoms with Crippen molar-refractivity contribution in [3.63, 3.8) is 0 Å². The summed E-state index contributed by atoms with van der Waals surface area (Å²) >= 11 is 0. The fraction of sp³-hybridized carbons (Fsp3) is 0.625. The van der Waals surface area contributed by atoms with E-state index in [-0.39, 0.29) is 5.91 Å². The Labute approximate surface area is 125 Å². The maximum atomic E-state index is 12.4. The summed E-state index contributed by atoms with van der Waals surface area (Å²) in [6, 6.07) is 0.809. The van der Waals surface area contributed by atoms with Gasteiger partial charge in [0.1, 0.15) is 5.75 Å². The van der Waals surface area contributed by atoms with Gasteiger partial charge in [0.15, 0.2) is 0 Å². The van der Waals surface area contributed by atoms with Crippen molar-refractivity contribution in [2.75, 3.05) is 13.7 Å². The topological polar surface area (TPSA) is 54.5 Å². The van der Waals surface area contributed by atoms with Crippen molar-refractivity contribution in [2.24, 2.45) is 0 Å². The SMILES string of the molecule is COc1c(C)cnc(CN2CC3CCC(CC2=O)N3)c1C. The molecule has 0 aliphatic carbocycles. The minimum atomic E-state index is 0.232. The van der Waals surface area contributed by atoms with Crippen LogP contribution in [0.2, 0.25) is 0 Å². The minimum absolute atomic E-state index is 0.232. The third kappa shape index (κ3) is 2.75. The van der Waals surface area contributed by atoms with Crippen molar-refractivity contribution >= 4 is 5.91 Å². The van der Waals surface area contributed by atoms with Crippen LogP contribution in [-0.4, -0.2) is 41.5 Å². The zero-order chi connectivity index (χ0) is 15.0. The summed E-state index contributed by atoms with van der Waals surface area (Å²) < 4.78 is 5.45. The first-order valence-corrected chi connectivity index (χ1v) is 7.61. The van der Waals surface area contributed by atoms with E-state index in [0.29, 0.717) is 25.0 Å². The molecule has 3 heterocycles. The second-order valence-corrected chi connectivity index (χ2v) is 6.16. The van der Waals surface area contributed by atoms with Gasteiger partial charge in [-0.1, -0.05) is 0 Å². The number of pyridine rings is 1. The van der Waals surface area contributed by atoms with Crippen LogP contribution in [0.4, 0.5) is 0 Å². The molecule has 1 N–H and O–H groups in total. The Kier molecular flexibility index (Phi) is 3.85. The summed E-state index contributed by atoms with van der Waals surface area (Å²) in [4.78, 5) is 18.8. The first kappa shape index (κ1) is 14.3. The van der Waals surface area contributed by atoms with Crippen LogP contribution in [0, 0.1) is 13.8 Å². The van der Waals surface area contributed by atoms with E-state index in [1.54, 1.807) is 7.11 Å². The fourth-order valence-corrected chi connectivity index (χ4v) is 3.48. The number of carbonyl (C=O) groups is 1. The number of nitrogens with zero attached hydrogens (tertiary/aromatic N) is 2. The number of rotatable bonds is 3. The molecule has 0 aromatic carbocycles. The average molecular weight is 289 g/mol. The van der Waals surface area contributed by atoms with E-state index < -0.39 is 0 Å². The van der Waals surface area contributed by atoms with E-state index in [0.717, 1.165) is 42.0 Å². The van der Waals surface area contributed by atoms with Gasteiger partial charge in [-0.25, -0.2) is 0 Å². The van der Waals surface area contributed by atoms with Gasteiger partial charge in [-0.15, -0.1) is 0 Å². The Morgan fingerprint density at radius 1 is 1.38 bits per heavy atom. The average Bonchev–Trinajstić information content (AvgIpc) is 2.81. The van der Waals surface area contributed by atoms with Gasteiger partial charge in [-0.3, -0.25) is 9.78 Å². The standard InChI is InChI=1S/C16H23N3O2/c1-10-7-17-14(11(2)16(10)21-3)9-19-8-13-5-4-12(18-13)6-15(19)20/h7,12-13,18H,4-6,8-9H2,1-3H3. The van der Waals surface area contributed by atoms with Crippen LogP contribution in [0.1, 0.15) is 36.1 Å². The van der Waals surface area contributed by atoms with E-state index in [9.17, 15) is 4.79 Å². The first-order chi connectivity index (χ1) is 10.1. The molecule has 0 spiro atoms. The summed E-state index contributed by atoms with van der Waals surface area (Å²) in [6.07, 6.45) is 4.73. The van der Waals surface area contributed by atoms with Gasteiger partial charge < -0.3 is 15.0 Å². The molecule has 2 aliphatic heterocycles. The highest BCUT2D eigenvalue weighted by Gasteiger charge is 2.33. The second-order valence-electron chi connectivity index (χ2n) is 6.16. The van der Waals surface area contributed by atoms with Crippen molar-refractivity contribution in [1.29, 1.82) is 0 Å². The molecule has 0 saturated carbocycles.